The number of hydrogen-bond acceptors (Lipinski definition) is 6. The van der Waals surface area contributed by atoms with E-state index in [2.05, 4.69) is 5.32 Å². The Hall–Kier alpha value is -3.07. The van der Waals surface area contributed by atoms with Crippen molar-refractivity contribution in [3.8, 4) is 11.5 Å². The number of benzene rings is 2. The van der Waals surface area contributed by atoms with Gasteiger partial charge in [-0.25, -0.2) is 8.42 Å². The lowest BCUT2D eigenvalue weighted by Gasteiger charge is -2.31. The Morgan fingerprint density at radius 1 is 1.00 bits per heavy atom. The minimum atomic E-state index is -3.48. The largest absolute Gasteiger partial charge is 0.497 e. The molecule has 2 aromatic carbocycles. The second-order valence-corrected chi connectivity index (χ2v) is 9.44. The van der Waals surface area contributed by atoms with Gasteiger partial charge in [0.2, 0.25) is 5.91 Å². The Balaban J connectivity index is 1.52. The molecule has 0 aliphatic carbocycles. The number of hydrogen-bond donors (Lipinski definition) is 1. The van der Waals surface area contributed by atoms with Crippen LogP contribution in [0.3, 0.4) is 0 Å². The van der Waals surface area contributed by atoms with Crippen molar-refractivity contribution in [3.05, 3.63) is 54.1 Å². The molecule has 2 amide bonds. The van der Waals surface area contributed by atoms with Crippen LogP contribution in [0.4, 0.5) is 0 Å². The highest BCUT2D eigenvalue weighted by Gasteiger charge is 2.32. The molecule has 3 rings (SSSR count). The van der Waals surface area contributed by atoms with Crippen molar-refractivity contribution in [1.29, 1.82) is 0 Å². The van der Waals surface area contributed by atoms with Gasteiger partial charge >= 0.3 is 0 Å². The molecule has 1 aliphatic rings. The molecule has 0 unspecified atom stereocenters. The topological polar surface area (TPSA) is 102 Å². The average molecular weight is 447 g/mol. The molecular weight excluding hydrogens is 420 g/mol. The van der Waals surface area contributed by atoms with Crippen molar-refractivity contribution < 1.29 is 27.5 Å². The molecule has 0 bridgehead atoms. The number of ether oxygens (including phenoxy) is 2. The predicted octanol–water partition coefficient (Wildman–Crippen LogP) is 1.90. The molecule has 9 heteroatoms. The van der Waals surface area contributed by atoms with Gasteiger partial charge in [-0.3, -0.25) is 9.59 Å². The number of carbonyl (C=O) groups excluding carboxylic acids is 2. The molecule has 31 heavy (non-hydrogen) atoms. The average Bonchev–Trinajstić information content (AvgIpc) is 2.82. The Kier molecular flexibility index (Phi) is 7.17. The van der Waals surface area contributed by atoms with Crippen LogP contribution in [-0.4, -0.2) is 64.2 Å². The van der Waals surface area contributed by atoms with E-state index in [9.17, 15) is 18.0 Å². The maximum Gasteiger partial charge on any atom is 0.251 e. The molecule has 1 N–H and O–H groups in total. The quantitative estimate of drug-likeness (QED) is 0.697. The van der Waals surface area contributed by atoms with Crippen LogP contribution >= 0.6 is 0 Å². The number of amides is 2. The SMILES string of the molecule is COc1ccc(S(=O)(=O)C2CCN(C(=O)CNC(=O)c3cccc(OC)c3)CC2)cc1. The number of likely N-dealkylation sites (tertiary alicyclic amines) is 1. The van der Waals surface area contributed by atoms with Gasteiger partial charge in [-0.05, 0) is 55.3 Å². The Morgan fingerprint density at radius 2 is 1.65 bits per heavy atom. The molecular formula is C22H26N2O6S. The zero-order chi connectivity index (χ0) is 22.4. The fourth-order valence-corrected chi connectivity index (χ4v) is 5.24. The van der Waals surface area contributed by atoms with Gasteiger partial charge in [0, 0.05) is 18.7 Å². The van der Waals surface area contributed by atoms with Crippen molar-refractivity contribution in [2.45, 2.75) is 23.0 Å². The first-order valence-electron chi connectivity index (χ1n) is 9.93. The standard InChI is InChI=1S/C22H26N2O6S/c1-29-17-6-8-19(9-7-17)31(27,28)20-10-12-24(13-11-20)21(25)15-23-22(26)16-4-3-5-18(14-16)30-2/h3-9,14,20H,10-13,15H2,1-2H3,(H,23,26). The van der Waals surface area contributed by atoms with E-state index in [1.807, 2.05) is 0 Å². The molecule has 166 valence electrons. The van der Waals surface area contributed by atoms with E-state index in [1.165, 1.54) is 14.2 Å². The number of piperidine rings is 1. The summed E-state index contributed by atoms with van der Waals surface area (Å²) in [5.74, 6) is 0.537. The van der Waals surface area contributed by atoms with Crippen LogP contribution in [-0.2, 0) is 14.6 Å². The van der Waals surface area contributed by atoms with Gasteiger partial charge in [0.1, 0.15) is 11.5 Å². The number of rotatable bonds is 7. The summed E-state index contributed by atoms with van der Waals surface area (Å²) in [6.07, 6.45) is 0.702. The monoisotopic (exact) mass is 446 g/mol. The maximum absolute atomic E-state index is 12.9. The number of nitrogens with zero attached hydrogens (tertiary/aromatic N) is 1. The minimum absolute atomic E-state index is 0.147. The summed E-state index contributed by atoms with van der Waals surface area (Å²) in [7, 11) is -0.444. The third-order valence-electron chi connectivity index (χ3n) is 5.35. The maximum atomic E-state index is 12.9. The number of sulfone groups is 1. The van der Waals surface area contributed by atoms with Crippen LogP contribution in [0, 0.1) is 0 Å². The van der Waals surface area contributed by atoms with Crippen molar-refractivity contribution in [1.82, 2.24) is 10.2 Å². The third-order valence-corrected chi connectivity index (χ3v) is 7.63. The first-order chi connectivity index (χ1) is 14.8. The Morgan fingerprint density at radius 3 is 2.26 bits per heavy atom. The molecule has 0 saturated carbocycles. The van der Waals surface area contributed by atoms with Gasteiger partial charge in [-0.15, -0.1) is 0 Å². The van der Waals surface area contributed by atoms with Gasteiger partial charge in [0.15, 0.2) is 9.84 Å². The lowest BCUT2D eigenvalue weighted by atomic mass is 10.1. The highest BCUT2D eigenvalue weighted by atomic mass is 32.2. The van der Waals surface area contributed by atoms with Crippen molar-refractivity contribution in [2.75, 3.05) is 33.9 Å². The first kappa shape index (κ1) is 22.6. The normalized spacial score (nSPS) is 14.7. The summed E-state index contributed by atoms with van der Waals surface area (Å²) in [4.78, 5) is 26.6. The summed E-state index contributed by atoms with van der Waals surface area (Å²) in [6.45, 7) is 0.508. The number of nitrogens with one attached hydrogen (secondary N) is 1. The van der Waals surface area contributed by atoms with Gasteiger partial charge < -0.3 is 19.7 Å². The van der Waals surface area contributed by atoms with Gasteiger partial charge in [0.05, 0.1) is 30.9 Å². The van der Waals surface area contributed by atoms with E-state index in [1.54, 1.807) is 53.4 Å². The molecule has 2 aromatic rings. The predicted molar refractivity (Wildman–Crippen MR) is 115 cm³/mol. The van der Waals surface area contributed by atoms with Crippen LogP contribution in [0.25, 0.3) is 0 Å². The van der Waals surface area contributed by atoms with Crippen molar-refractivity contribution >= 4 is 21.7 Å². The summed E-state index contributed by atoms with van der Waals surface area (Å²) < 4.78 is 35.9. The Bertz CT molecular complexity index is 1030. The van der Waals surface area contributed by atoms with Crippen LogP contribution in [0.5, 0.6) is 11.5 Å². The van der Waals surface area contributed by atoms with Crippen LogP contribution in [0.1, 0.15) is 23.2 Å². The van der Waals surface area contributed by atoms with Gasteiger partial charge in [0.25, 0.3) is 5.91 Å². The van der Waals surface area contributed by atoms with E-state index < -0.39 is 15.1 Å². The molecule has 1 heterocycles. The zero-order valence-corrected chi connectivity index (χ0v) is 18.4. The molecule has 1 aliphatic heterocycles. The number of methoxy groups -OCH3 is 2. The van der Waals surface area contributed by atoms with Gasteiger partial charge in [-0.2, -0.15) is 0 Å². The van der Waals surface area contributed by atoms with Crippen molar-refractivity contribution in [2.24, 2.45) is 0 Å². The summed E-state index contributed by atoms with van der Waals surface area (Å²) in [6, 6.07) is 13.0. The minimum Gasteiger partial charge on any atom is -0.497 e. The molecule has 0 radical (unpaired) electrons. The highest BCUT2D eigenvalue weighted by molar-refractivity contribution is 7.92. The molecule has 0 aromatic heterocycles. The van der Waals surface area contributed by atoms with Crippen LogP contribution in [0.2, 0.25) is 0 Å². The molecule has 1 fully saturated rings. The highest BCUT2D eigenvalue weighted by Crippen LogP contribution is 2.26. The van der Waals surface area contributed by atoms with Crippen molar-refractivity contribution in [3.63, 3.8) is 0 Å². The second-order valence-electron chi connectivity index (χ2n) is 7.22. The van der Waals surface area contributed by atoms with E-state index in [0.717, 1.165) is 0 Å². The summed E-state index contributed by atoms with van der Waals surface area (Å²) in [5, 5.41) is 2.06. The van der Waals surface area contributed by atoms with Crippen LogP contribution in [0.15, 0.2) is 53.4 Å². The molecule has 0 spiro atoms. The van der Waals surface area contributed by atoms with E-state index in [4.69, 9.17) is 9.47 Å². The lowest BCUT2D eigenvalue weighted by Crippen LogP contribution is -2.46. The number of carbonyl (C=O) groups is 2. The molecule has 8 nitrogen and oxygen atoms in total. The molecule has 1 saturated heterocycles. The second kappa shape index (κ2) is 9.82. The lowest BCUT2D eigenvalue weighted by molar-refractivity contribution is -0.130. The summed E-state index contributed by atoms with van der Waals surface area (Å²) in [5.41, 5.74) is 0.399. The summed E-state index contributed by atoms with van der Waals surface area (Å²) >= 11 is 0. The fraction of sp³-hybridized carbons (Fsp3) is 0.364. The van der Waals surface area contributed by atoms with E-state index in [-0.39, 0.29) is 23.3 Å². The zero-order valence-electron chi connectivity index (χ0n) is 17.5. The van der Waals surface area contributed by atoms with Crippen LogP contribution < -0.4 is 14.8 Å². The smallest absolute Gasteiger partial charge is 0.251 e. The van der Waals surface area contributed by atoms with Gasteiger partial charge in [-0.1, -0.05) is 6.07 Å². The van der Waals surface area contributed by atoms with E-state index in [0.29, 0.717) is 43.0 Å². The van der Waals surface area contributed by atoms with E-state index >= 15 is 0 Å². The fourth-order valence-electron chi connectivity index (χ4n) is 3.51. The Labute approximate surface area is 182 Å². The first-order valence-corrected chi connectivity index (χ1v) is 11.5. The third kappa shape index (κ3) is 5.35. The molecule has 0 atom stereocenters.